The van der Waals surface area contributed by atoms with Crippen LogP contribution in [0.15, 0.2) is 0 Å². The van der Waals surface area contributed by atoms with E-state index in [1.165, 1.54) is 0 Å². The zero-order valence-corrected chi connectivity index (χ0v) is 17.4. The van der Waals surface area contributed by atoms with Crippen molar-refractivity contribution in [2.24, 2.45) is 0 Å². The summed E-state index contributed by atoms with van der Waals surface area (Å²) in [6.07, 6.45) is 0. The van der Waals surface area contributed by atoms with Gasteiger partial charge in [0.25, 0.3) is 0 Å². The minimum atomic E-state index is -2.17. The molecule has 0 aliphatic heterocycles. The quantitative estimate of drug-likeness (QED) is 0.528. The van der Waals surface area contributed by atoms with Crippen LogP contribution in [-0.2, 0) is 25.1 Å². The molecule has 0 radical (unpaired) electrons. The van der Waals surface area contributed by atoms with E-state index in [1.54, 1.807) is 21.3 Å². The largest absolute Gasteiger partial charge is 0.496 e. The lowest BCUT2D eigenvalue weighted by molar-refractivity contribution is 0.132. The van der Waals surface area contributed by atoms with Gasteiger partial charge in [0.1, 0.15) is 0 Å². The first-order valence-corrected chi connectivity index (χ1v) is 10.4. The summed E-state index contributed by atoms with van der Waals surface area (Å²) in [5.74, 6) is 0. The third kappa shape index (κ3) is 43.8. The van der Waals surface area contributed by atoms with Gasteiger partial charge in [-0.25, -0.2) is 0 Å². The van der Waals surface area contributed by atoms with Gasteiger partial charge in [0.2, 0.25) is 0 Å². The Balaban J connectivity index is -0.0000000304. The summed E-state index contributed by atoms with van der Waals surface area (Å²) < 4.78 is 14.8. The van der Waals surface area contributed by atoms with E-state index < -0.39 is 8.80 Å². The van der Waals surface area contributed by atoms with Gasteiger partial charge in [-0.15, -0.1) is 0 Å². The molecule has 0 aliphatic rings. The summed E-state index contributed by atoms with van der Waals surface area (Å²) in [7, 11) is 5.13. The highest BCUT2D eigenvalue weighted by atomic mass is 32.4. The van der Waals surface area contributed by atoms with Gasteiger partial charge in [-0.3, -0.25) is 0 Å². The Morgan fingerprint density at radius 3 is 0.722 bits per heavy atom. The molecule has 18 heavy (non-hydrogen) atoms. The number of hydrogen-bond acceptors (Lipinski definition) is 4. The standard InChI is InChI=1S/C4H12O3Si.4C2H6.HPS/c1-5-8(4,6-2)7-3;5*1-2/h1-4H3;4*1-2H3;1H. The smallest absolute Gasteiger partial charge is 0.377 e. The Labute approximate surface area is 125 Å². The third-order valence-corrected chi connectivity index (χ3v) is 3.34. The average molecular weight is 321 g/mol. The second-order valence-electron chi connectivity index (χ2n) is 1.47. The van der Waals surface area contributed by atoms with Gasteiger partial charge < -0.3 is 13.3 Å². The first-order chi connectivity index (χ1) is 8.68. The van der Waals surface area contributed by atoms with Gasteiger partial charge in [0.05, 0.1) is 0 Å². The molecule has 0 atom stereocenters. The van der Waals surface area contributed by atoms with Crippen molar-refractivity contribution in [3.8, 4) is 0 Å². The minimum Gasteiger partial charge on any atom is -0.377 e. The number of rotatable bonds is 3. The fourth-order valence-electron chi connectivity index (χ4n) is 0.250. The predicted octanol–water partition coefficient (Wildman–Crippen LogP) is 5.19. The molecule has 0 aromatic carbocycles. The van der Waals surface area contributed by atoms with Crippen LogP contribution in [0, 0.1) is 0 Å². The molecule has 0 spiro atoms. The molecule has 0 aliphatic carbocycles. The maximum Gasteiger partial charge on any atom is 0.496 e. The van der Waals surface area contributed by atoms with E-state index in [0.717, 1.165) is 0 Å². The molecule has 0 aromatic heterocycles. The first kappa shape index (κ1) is 36.3. The Bertz CT molecular complexity index is 79.5. The highest BCUT2D eigenvalue weighted by Crippen LogP contribution is 2.02. The van der Waals surface area contributed by atoms with Crippen molar-refractivity contribution in [1.29, 1.82) is 0 Å². The van der Waals surface area contributed by atoms with E-state index in [-0.39, 0.29) is 0 Å². The van der Waals surface area contributed by atoms with Crippen molar-refractivity contribution in [3.05, 3.63) is 0 Å². The van der Waals surface area contributed by atoms with Crippen molar-refractivity contribution in [2.45, 2.75) is 61.9 Å². The van der Waals surface area contributed by atoms with Gasteiger partial charge >= 0.3 is 8.80 Å². The monoisotopic (exact) mass is 320 g/mol. The minimum absolute atomic E-state index is 1.58. The molecule has 118 valence electrons. The maximum atomic E-state index is 4.93. The molecule has 0 saturated heterocycles. The highest BCUT2D eigenvalue weighted by Gasteiger charge is 2.29. The lowest BCUT2D eigenvalue weighted by atomic mass is 11.0. The van der Waals surface area contributed by atoms with Crippen LogP contribution in [0.3, 0.4) is 0 Å². The lowest BCUT2D eigenvalue weighted by Gasteiger charge is -2.18. The van der Waals surface area contributed by atoms with E-state index >= 15 is 0 Å². The fraction of sp³-hybridized carbons (Fsp3) is 1.00. The van der Waals surface area contributed by atoms with Gasteiger partial charge in [-0.2, -0.15) is 0 Å². The van der Waals surface area contributed by atoms with Gasteiger partial charge in [0, 0.05) is 27.9 Å². The third-order valence-electron chi connectivity index (χ3n) is 1.11. The van der Waals surface area contributed by atoms with Gasteiger partial charge in [-0.1, -0.05) is 67.2 Å². The average Bonchev–Trinajstić information content (AvgIpc) is 2.56. The topological polar surface area (TPSA) is 27.7 Å². The zero-order valence-electron chi connectivity index (χ0n) is 14.6. The molecule has 6 heteroatoms. The van der Waals surface area contributed by atoms with Crippen LogP contribution in [0.1, 0.15) is 55.4 Å². The van der Waals surface area contributed by atoms with Crippen LogP contribution in [0.25, 0.3) is 0 Å². The van der Waals surface area contributed by atoms with E-state index in [9.17, 15) is 0 Å². The number of hydrogen-bond donors (Lipinski definition) is 0. The van der Waals surface area contributed by atoms with Crippen LogP contribution in [-0.4, -0.2) is 30.1 Å². The van der Waals surface area contributed by atoms with Crippen molar-refractivity contribution < 1.29 is 13.3 Å². The molecule has 0 N–H and O–H groups in total. The molecular formula is C12H37O3PSSi. The Morgan fingerprint density at radius 2 is 0.722 bits per heavy atom. The first-order valence-electron chi connectivity index (χ1n) is 6.54. The van der Waals surface area contributed by atoms with Gasteiger partial charge in [0.15, 0.2) is 0 Å². The summed E-state index contributed by atoms with van der Waals surface area (Å²) in [6.45, 7) is 17.8. The molecule has 0 aromatic rings. The van der Waals surface area contributed by atoms with E-state index in [0.29, 0.717) is 0 Å². The molecule has 3 nitrogen and oxygen atoms in total. The van der Waals surface area contributed by atoms with Crippen LogP contribution in [0.2, 0.25) is 6.55 Å². The van der Waals surface area contributed by atoms with E-state index in [4.69, 9.17) is 13.3 Å². The molecule has 0 saturated carbocycles. The normalized spacial score (nSPS) is 6.89. The van der Waals surface area contributed by atoms with Crippen LogP contribution >= 0.6 is 8.02 Å². The highest BCUT2D eigenvalue weighted by molar-refractivity contribution is 7.88. The van der Waals surface area contributed by atoms with E-state index in [2.05, 4.69) is 19.8 Å². The predicted molar refractivity (Wildman–Crippen MR) is 93.7 cm³/mol. The molecular weight excluding hydrogens is 283 g/mol. The van der Waals surface area contributed by atoms with Crippen LogP contribution in [0.5, 0.6) is 0 Å². The van der Waals surface area contributed by atoms with Crippen molar-refractivity contribution in [1.82, 2.24) is 0 Å². The molecule has 0 rings (SSSR count). The van der Waals surface area contributed by atoms with Crippen LogP contribution < -0.4 is 0 Å². The lowest BCUT2D eigenvalue weighted by Crippen LogP contribution is -2.38. The van der Waals surface area contributed by atoms with Gasteiger partial charge in [-0.05, 0) is 8.02 Å². The van der Waals surface area contributed by atoms with E-state index in [1.807, 2.05) is 61.9 Å². The maximum absolute atomic E-state index is 4.93. The molecule has 0 heterocycles. The second kappa shape index (κ2) is 52.6. The van der Waals surface area contributed by atoms with Crippen molar-refractivity contribution >= 4 is 28.6 Å². The summed E-state index contributed by atoms with van der Waals surface area (Å²) in [5, 5.41) is 0. The van der Waals surface area contributed by atoms with Crippen molar-refractivity contribution in [3.63, 3.8) is 0 Å². The Kier molecular flexibility index (Phi) is 106. The van der Waals surface area contributed by atoms with Crippen molar-refractivity contribution in [2.75, 3.05) is 21.3 Å². The summed E-state index contributed by atoms with van der Waals surface area (Å²) >= 11 is 3.89. The Hall–Kier alpha value is 0.617. The molecule has 0 bridgehead atoms. The SMILES string of the molecule is CC.CC.CC.CC.CO[Si](C)(OC)OC.P=S. The second-order valence-corrected chi connectivity index (χ2v) is 4.42. The van der Waals surface area contributed by atoms with Crippen LogP contribution in [0.4, 0.5) is 0 Å². The summed E-state index contributed by atoms with van der Waals surface area (Å²) in [6, 6.07) is 0. The molecule has 0 fully saturated rings. The zero-order chi connectivity index (χ0) is 16.6. The fourth-order valence-corrected chi connectivity index (χ4v) is 0.750. The Morgan fingerprint density at radius 1 is 0.611 bits per heavy atom. The molecule has 0 unspecified atom stereocenters. The molecule has 0 amide bonds. The summed E-state index contributed by atoms with van der Waals surface area (Å²) in [4.78, 5) is 0. The summed E-state index contributed by atoms with van der Waals surface area (Å²) in [5.41, 5.74) is 0.